The summed E-state index contributed by atoms with van der Waals surface area (Å²) in [5, 5.41) is 27.4. The molecule has 5 N–H and O–H groups in total. The van der Waals surface area contributed by atoms with Crippen molar-refractivity contribution < 1.29 is 62.7 Å². The van der Waals surface area contributed by atoms with E-state index in [9.17, 15) is 39.0 Å². The van der Waals surface area contributed by atoms with E-state index >= 15 is 0 Å². The lowest BCUT2D eigenvalue weighted by atomic mass is 9.75. The summed E-state index contributed by atoms with van der Waals surface area (Å²) in [5.74, 6) is -4.81. The topological polar surface area (TPSA) is 227 Å². The third-order valence-corrected chi connectivity index (χ3v) is 12.7. The maximum absolute atomic E-state index is 13.6. The van der Waals surface area contributed by atoms with Gasteiger partial charge in [0.2, 0.25) is 5.91 Å². The van der Waals surface area contributed by atoms with E-state index in [1.54, 1.807) is 33.8 Å². The van der Waals surface area contributed by atoms with Crippen LogP contribution < -0.4 is 11.1 Å². The first kappa shape index (κ1) is 52.5. The number of allylic oxidation sites excluding steroid dienone is 1. The molecule has 15 nitrogen and oxygen atoms in total. The van der Waals surface area contributed by atoms with Gasteiger partial charge in [0, 0.05) is 38.3 Å². The van der Waals surface area contributed by atoms with E-state index in [-0.39, 0.29) is 35.5 Å². The van der Waals surface area contributed by atoms with Gasteiger partial charge in [-0.15, -0.1) is 0 Å². The minimum Gasteiger partial charge on any atom is -0.459 e. The number of unbranched alkanes of at least 4 members (excludes halogenated alkanes) is 11. The number of fused-ring (bicyclic) bond motifs is 3. The van der Waals surface area contributed by atoms with Gasteiger partial charge in [0.25, 0.3) is 0 Å². The Hall–Kier alpha value is -3.82. The summed E-state index contributed by atoms with van der Waals surface area (Å²) in [4.78, 5) is 78.8. The van der Waals surface area contributed by atoms with Crippen molar-refractivity contribution in [2.45, 2.75) is 219 Å². The predicted molar refractivity (Wildman–Crippen MR) is 231 cm³/mol. The minimum absolute atomic E-state index is 0.0171. The zero-order chi connectivity index (χ0) is 46.4. The fourth-order valence-corrected chi connectivity index (χ4v) is 9.11. The Balaban J connectivity index is 1.76. The second-order valence-electron chi connectivity index (χ2n) is 18.4. The molecule has 0 aromatic rings. The standard InChI is InChI=1S/C47H76N2O13/c1-10-12-13-21-25-36(52)59-40-38-37(31(6)39(40)60-43(54)30(5)11-2)41-47(57,46(9,56)44(55)61-41)34(28-45(38,8)62-32(7)50)58-35(51)24-22-19-17-15-14-16-18-20-23-26-49-42(53)33(48)27-29(3)4/h11,29,33-34,38-41,56-57H,10,12-28,48H2,1-9H3,(H,49,53)/b30-11-/t33-,34+,38-,39-,40+,41-,45+,46-,47-/m0/s1. The molecule has 1 heterocycles. The van der Waals surface area contributed by atoms with Crippen molar-refractivity contribution in [2.75, 3.05) is 6.54 Å². The van der Waals surface area contributed by atoms with E-state index < -0.39 is 89.4 Å². The maximum Gasteiger partial charge on any atom is 0.341 e. The van der Waals surface area contributed by atoms with Crippen LogP contribution in [0.4, 0.5) is 0 Å². The number of rotatable bonds is 25. The van der Waals surface area contributed by atoms with Crippen molar-refractivity contribution in [2.24, 2.45) is 17.6 Å². The van der Waals surface area contributed by atoms with Crippen LogP contribution in [0.5, 0.6) is 0 Å². The van der Waals surface area contributed by atoms with Crippen molar-refractivity contribution in [1.29, 1.82) is 0 Å². The van der Waals surface area contributed by atoms with E-state index in [0.717, 1.165) is 77.6 Å². The lowest BCUT2D eigenvalue weighted by Gasteiger charge is -2.41. The normalized spacial score (nSPS) is 28.7. The van der Waals surface area contributed by atoms with Gasteiger partial charge in [-0.1, -0.05) is 91.1 Å². The molecular formula is C47H76N2O13. The highest BCUT2D eigenvalue weighted by Crippen LogP contribution is 2.57. The average Bonchev–Trinajstić information content (AvgIpc) is 3.53. The number of carbonyl (C=O) groups is 6. The van der Waals surface area contributed by atoms with Gasteiger partial charge in [-0.2, -0.15) is 0 Å². The summed E-state index contributed by atoms with van der Waals surface area (Å²) >= 11 is 0. The molecular weight excluding hydrogens is 801 g/mol. The van der Waals surface area contributed by atoms with E-state index in [2.05, 4.69) is 5.32 Å². The molecule has 9 atom stereocenters. The number of aliphatic hydroxyl groups is 2. The third-order valence-electron chi connectivity index (χ3n) is 12.7. The average molecular weight is 877 g/mol. The van der Waals surface area contributed by atoms with Crippen LogP contribution in [0.25, 0.3) is 0 Å². The Morgan fingerprint density at radius 3 is 1.97 bits per heavy atom. The molecule has 2 aliphatic carbocycles. The number of ether oxygens (including phenoxy) is 5. The predicted octanol–water partition coefficient (Wildman–Crippen LogP) is 6.13. The van der Waals surface area contributed by atoms with Crippen molar-refractivity contribution in [1.82, 2.24) is 5.32 Å². The van der Waals surface area contributed by atoms with Gasteiger partial charge in [0.05, 0.1) is 12.0 Å². The van der Waals surface area contributed by atoms with Gasteiger partial charge in [0.15, 0.2) is 29.5 Å². The minimum atomic E-state index is -2.61. The highest BCUT2D eigenvalue weighted by molar-refractivity contribution is 5.88. The number of hydrogen-bond donors (Lipinski definition) is 4. The molecule has 62 heavy (non-hydrogen) atoms. The molecule has 0 bridgehead atoms. The van der Waals surface area contributed by atoms with Crippen LogP contribution in [0.3, 0.4) is 0 Å². The Kier molecular flexibility index (Phi) is 20.1. The number of amides is 1. The van der Waals surface area contributed by atoms with Gasteiger partial charge in [-0.25, -0.2) is 9.59 Å². The van der Waals surface area contributed by atoms with Crippen LogP contribution in [-0.2, 0) is 52.5 Å². The summed E-state index contributed by atoms with van der Waals surface area (Å²) in [5.41, 5.74) is -0.322. The summed E-state index contributed by atoms with van der Waals surface area (Å²) in [6.45, 7) is 15.3. The fraction of sp³-hybridized carbons (Fsp3) is 0.787. The molecule has 2 fully saturated rings. The number of carbonyl (C=O) groups excluding carboxylic acids is 6. The van der Waals surface area contributed by atoms with Crippen molar-refractivity contribution in [3.8, 4) is 0 Å². The molecule has 1 amide bonds. The molecule has 15 heteroatoms. The molecule has 3 rings (SSSR count). The second-order valence-corrected chi connectivity index (χ2v) is 18.4. The SMILES string of the molecule is C/C=C(/C)C(=O)O[C@H]1C(C)=C2[C@@H]3OC(=O)[C@](C)(O)[C@]3(O)[C@H](OC(=O)CCCCCCCCCCCNC(=O)[C@@H](N)CC(C)C)C[C@@](C)(OC(C)=O)[C@@H]2[C@H]1OC(=O)CCCCCC. The largest absolute Gasteiger partial charge is 0.459 e. The summed E-state index contributed by atoms with van der Waals surface area (Å²) in [7, 11) is 0. The molecule has 0 aromatic heterocycles. The van der Waals surface area contributed by atoms with Crippen LogP contribution in [0, 0.1) is 11.8 Å². The molecule has 3 aliphatic rings. The van der Waals surface area contributed by atoms with Crippen molar-refractivity contribution in [3.63, 3.8) is 0 Å². The molecule has 0 unspecified atom stereocenters. The number of esters is 5. The van der Waals surface area contributed by atoms with Gasteiger partial charge in [-0.3, -0.25) is 19.2 Å². The molecule has 0 spiro atoms. The number of nitrogens with one attached hydrogen (secondary N) is 1. The number of nitrogens with two attached hydrogens (primary N) is 1. The van der Waals surface area contributed by atoms with Crippen LogP contribution in [0.1, 0.15) is 171 Å². The van der Waals surface area contributed by atoms with Crippen LogP contribution >= 0.6 is 0 Å². The first-order valence-electron chi connectivity index (χ1n) is 23.0. The zero-order valence-electron chi connectivity index (χ0n) is 38.8. The van der Waals surface area contributed by atoms with Crippen LogP contribution in [0.15, 0.2) is 22.8 Å². The van der Waals surface area contributed by atoms with Gasteiger partial charge < -0.3 is 44.9 Å². The van der Waals surface area contributed by atoms with Gasteiger partial charge in [-0.05, 0) is 77.4 Å². The summed E-state index contributed by atoms with van der Waals surface area (Å²) in [6, 6.07) is -0.472. The first-order valence-corrected chi connectivity index (χ1v) is 23.0. The first-order chi connectivity index (χ1) is 29.2. The van der Waals surface area contributed by atoms with Gasteiger partial charge in [0.1, 0.15) is 11.7 Å². The van der Waals surface area contributed by atoms with Crippen LogP contribution in [0.2, 0.25) is 0 Å². The van der Waals surface area contributed by atoms with E-state index in [4.69, 9.17) is 29.4 Å². The Labute approximate surface area is 368 Å². The molecule has 352 valence electrons. The third kappa shape index (κ3) is 13.1. The number of hydrogen-bond acceptors (Lipinski definition) is 14. The summed E-state index contributed by atoms with van der Waals surface area (Å²) in [6.07, 6.45) is 7.31. The smallest absolute Gasteiger partial charge is 0.341 e. The van der Waals surface area contributed by atoms with Crippen molar-refractivity contribution in [3.05, 3.63) is 22.8 Å². The summed E-state index contributed by atoms with van der Waals surface area (Å²) < 4.78 is 29.9. The Bertz CT molecular complexity index is 1640. The van der Waals surface area contributed by atoms with E-state index in [1.807, 2.05) is 20.8 Å². The molecule has 1 saturated heterocycles. The monoisotopic (exact) mass is 877 g/mol. The fourth-order valence-electron chi connectivity index (χ4n) is 9.11. The molecule has 1 saturated carbocycles. The lowest BCUT2D eigenvalue weighted by Crippen LogP contribution is -2.64. The maximum atomic E-state index is 13.6. The van der Waals surface area contributed by atoms with E-state index in [1.165, 1.54) is 6.92 Å². The quantitative estimate of drug-likeness (QED) is 0.0266. The highest BCUT2D eigenvalue weighted by Gasteiger charge is 2.76. The van der Waals surface area contributed by atoms with E-state index in [0.29, 0.717) is 31.7 Å². The lowest BCUT2D eigenvalue weighted by molar-refractivity contribution is -0.212. The Morgan fingerprint density at radius 2 is 1.42 bits per heavy atom. The van der Waals surface area contributed by atoms with Crippen LogP contribution in [-0.4, -0.2) is 99.8 Å². The van der Waals surface area contributed by atoms with Crippen molar-refractivity contribution >= 4 is 35.8 Å². The molecule has 0 aromatic carbocycles. The highest BCUT2D eigenvalue weighted by atomic mass is 16.6. The van der Waals surface area contributed by atoms with Gasteiger partial charge >= 0.3 is 29.8 Å². The Morgan fingerprint density at radius 1 is 0.871 bits per heavy atom. The molecule has 1 aliphatic heterocycles. The second kappa shape index (κ2) is 23.7. The zero-order valence-corrected chi connectivity index (χ0v) is 38.8. The molecule has 0 radical (unpaired) electrons.